The van der Waals surface area contributed by atoms with Crippen LogP contribution >= 0.6 is 0 Å². The van der Waals surface area contributed by atoms with E-state index in [2.05, 4.69) is 12.1 Å². The molecule has 0 saturated carbocycles. The molecule has 1 atom stereocenters. The van der Waals surface area contributed by atoms with Crippen molar-refractivity contribution in [2.75, 3.05) is 0 Å². The van der Waals surface area contributed by atoms with Crippen molar-refractivity contribution in [1.29, 1.82) is 0 Å². The van der Waals surface area contributed by atoms with Crippen molar-refractivity contribution in [2.45, 2.75) is 23.6 Å². The Hall–Kier alpha value is -3.17. The van der Waals surface area contributed by atoms with Crippen LogP contribution in [-0.4, -0.2) is 9.32 Å². The molecule has 0 bridgehead atoms. The molecule has 0 radical (unpaired) electrons. The van der Waals surface area contributed by atoms with Gasteiger partial charge in [-0.05, 0) is 60.4 Å². The van der Waals surface area contributed by atoms with Crippen LogP contribution in [0.15, 0.2) is 101 Å². The van der Waals surface area contributed by atoms with E-state index in [1.54, 1.807) is 6.07 Å². The highest BCUT2D eigenvalue weighted by molar-refractivity contribution is 7.85. The van der Waals surface area contributed by atoms with Gasteiger partial charge in [0.1, 0.15) is 5.75 Å². The molecule has 4 aromatic rings. The molecule has 4 rings (SSSR count). The van der Waals surface area contributed by atoms with Gasteiger partial charge in [0.25, 0.3) is 0 Å². The third kappa shape index (κ3) is 4.01. The predicted octanol–water partition coefficient (Wildman–Crippen LogP) is 6.51. The molecule has 144 valence electrons. The van der Waals surface area contributed by atoms with Crippen LogP contribution in [0.4, 0.5) is 0 Å². The summed E-state index contributed by atoms with van der Waals surface area (Å²) in [6.45, 7) is 3.95. The quantitative estimate of drug-likeness (QED) is 0.425. The first-order valence-corrected chi connectivity index (χ1v) is 10.7. The predicted molar refractivity (Wildman–Crippen MR) is 120 cm³/mol. The van der Waals surface area contributed by atoms with Crippen LogP contribution in [-0.2, 0) is 10.8 Å². The van der Waals surface area contributed by atoms with Crippen molar-refractivity contribution in [3.63, 3.8) is 0 Å². The Morgan fingerprint density at radius 2 is 1.24 bits per heavy atom. The van der Waals surface area contributed by atoms with Gasteiger partial charge in [-0.15, -0.1) is 0 Å². The van der Waals surface area contributed by atoms with Gasteiger partial charge in [-0.25, -0.2) is 4.21 Å². The molecule has 3 heteroatoms. The molecule has 2 nitrogen and oxygen atoms in total. The highest BCUT2D eigenvalue weighted by Gasteiger charge is 2.17. The second-order valence-electron chi connectivity index (χ2n) is 7.18. The van der Waals surface area contributed by atoms with Crippen molar-refractivity contribution in [3.8, 4) is 28.0 Å². The Morgan fingerprint density at radius 1 is 0.655 bits per heavy atom. The Bertz CT molecular complexity index is 1160. The van der Waals surface area contributed by atoms with Gasteiger partial charge in [0, 0.05) is 10.5 Å². The number of aromatic hydroxyl groups is 1. The number of hydrogen-bond donors (Lipinski definition) is 1. The Labute approximate surface area is 174 Å². The van der Waals surface area contributed by atoms with E-state index >= 15 is 0 Å². The highest BCUT2D eigenvalue weighted by atomic mass is 32.2. The van der Waals surface area contributed by atoms with Crippen LogP contribution in [0.3, 0.4) is 0 Å². The number of rotatable bonds is 4. The molecule has 4 aromatic carbocycles. The maximum absolute atomic E-state index is 13.1. The van der Waals surface area contributed by atoms with Crippen molar-refractivity contribution >= 4 is 10.8 Å². The van der Waals surface area contributed by atoms with Gasteiger partial charge in [-0.3, -0.25) is 0 Å². The Kier molecular flexibility index (Phi) is 5.32. The monoisotopic (exact) mass is 398 g/mol. The lowest BCUT2D eigenvalue weighted by atomic mass is 9.98. The van der Waals surface area contributed by atoms with Gasteiger partial charge < -0.3 is 5.11 Å². The van der Waals surface area contributed by atoms with E-state index in [9.17, 15) is 9.32 Å². The lowest BCUT2D eigenvalue weighted by Gasteiger charge is -2.13. The zero-order chi connectivity index (χ0) is 20.4. The topological polar surface area (TPSA) is 37.3 Å². The summed E-state index contributed by atoms with van der Waals surface area (Å²) in [5, 5.41) is 10.9. The number of phenolic OH excluding ortho intramolecular Hbond substituents is 1. The molecule has 0 saturated heterocycles. The molecule has 0 aromatic heterocycles. The fraction of sp³-hybridized carbons (Fsp3) is 0.0769. The van der Waals surface area contributed by atoms with Crippen molar-refractivity contribution in [2.24, 2.45) is 0 Å². The lowest BCUT2D eigenvalue weighted by Crippen LogP contribution is -1.96. The zero-order valence-corrected chi connectivity index (χ0v) is 17.2. The third-order valence-corrected chi connectivity index (χ3v) is 6.37. The molecule has 1 unspecified atom stereocenters. The molecular formula is C26H22O2S. The number of aryl methyl sites for hydroxylation is 2. The molecule has 0 aliphatic carbocycles. The summed E-state index contributed by atoms with van der Waals surface area (Å²) >= 11 is 0. The largest absolute Gasteiger partial charge is 0.506 e. The first-order valence-electron chi connectivity index (χ1n) is 9.51. The molecule has 0 amide bonds. The molecule has 0 aliphatic heterocycles. The molecular weight excluding hydrogens is 376 g/mol. The summed E-state index contributed by atoms with van der Waals surface area (Å²) in [6, 6.07) is 29.6. The summed E-state index contributed by atoms with van der Waals surface area (Å²) in [5.41, 5.74) is 5.92. The van der Waals surface area contributed by atoms with Crippen molar-refractivity contribution in [1.82, 2.24) is 0 Å². The molecule has 0 aliphatic rings. The van der Waals surface area contributed by atoms with E-state index in [4.69, 9.17) is 0 Å². The van der Waals surface area contributed by atoms with Crippen LogP contribution in [0.5, 0.6) is 5.75 Å². The van der Waals surface area contributed by atoms with Gasteiger partial charge in [-0.1, -0.05) is 72.3 Å². The summed E-state index contributed by atoms with van der Waals surface area (Å²) in [4.78, 5) is 1.12. The van der Waals surface area contributed by atoms with E-state index in [0.29, 0.717) is 15.4 Å². The van der Waals surface area contributed by atoms with Gasteiger partial charge in [0.05, 0.1) is 15.7 Å². The van der Waals surface area contributed by atoms with E-state index in [1.165, 1.54) is 0 Å². The smallest absolute Gasteiger partial charge is 0.139 e. The number of hydrogen-bond acceptors (Lipinski definition) is 2. The summed E-state index contributed by atoms with van der Waals surface area (Å²) in [5.74, 6) is 0.0713. The average Bonchev–Trinajstić information content (AvgIpc) is 2.76. The third-order valence-electron chi connectivity index (χ3n) is 4.96. The zero-order valence-electron chi connectivity index (χ0n) is 16.4. The van der Waals surface area contributed by atoms with E-state index in [1.807, 2.05) is 86.6 Å². The van der Waals surface area contributed by atoms with E-state index < -0.39 is 10.8 Å². The van der Waals surface area contributed by atoms with Crippen molar-refractivity contribution < 1.29 is 9.32 Å². The standard InChI is InChI=1S/C26H22O2S/c1-18-8-14-23(15-9-18)29(28)25-17-19(2)16-24(26(25)27)22-12-10-21(11-13-22)20-6-4-3-5-7-20/h3-17,27H,1-2H3. The normalized spacial score (nSPS) is 11.9. The minimum Gasteiger partial charge on any atom is -0.506 e. The van der Waals surface area contributed by atoms with Gasteiger partial charge in [0.2, 0.25) is 0 Å². The highest BCUT2D eigenvalue weighted by Crippen LogP contribution is 2.37. The first kappa shape index (κ1) is 19.2. The van der Waals surface area contributed by atoms with Crippen LogP contribution in [0.2, 0.25) is 0 Å². The van der Waals surface area contributed by atoms with Gasteiger partial charge >= 0.3 is 0 Å². The Balaban J connectivity index is 1.73. The number of phenols is 1. The molecule has 29 heavy (non-hydrogen) atoms. The summed E-state index contributed by atoms with van der Waals surface area (Å²) in [7, 11) is -1.45. The van der Waals surface area contributed by atoms with Gasteiger partial charge in [-0.2, -0.15) is 0 Å². The van der Waals surface area contributed by atoms with Crippen LogP contribution in [0.1, 0.15) is 11.1 Å². The summed E-state index contributed by atoms with van der Waals surface area (Å²) in [6.07, 6.45) is 0. The van der Waals surface area contributed by atoms with Crippen LogP contribution in [0, 0.1) is 13.8 Å². The first-order chi connectivity index (χ1) is 14.0. The maximum atomic E-state index is 13.1. The fourth-order valence-electron chi connectivity index (χ4n) is 3.37. The molecule has 0 spiro atoms. The lowest BCUT2D eigenvalue weighted by molar-refractivity contribution is 0.463. The minimum atomic E-state index is -1.45. The SMILES string of the molecule is Cc1ccc(S(=O)c2cc(C)cc(-c3ccc(-c4ccccc4)cc3)c2O)cc1. The fourth-order valence-corrected chi connectivity index (χ4v) is 4.58. The maximum Gasteiger partial charge on any atom is 0.139 e. The molecule has 0 fully saturated rings. The molecule has 0 heterocycles. The molecule has 1 N–H and O–H groups in total. The Morgan fingerprint density at radius 3 is 1.90 bits per heavy atom. The second kappa shape index (κ2) is 8.06. The average molecular weight is 399 g/mol. The van der Waals surface area contributed by atoms with Crippen LogP contribution < -0.4 is 0 Å². The number of benzene rings is 4. The van der Waals surface area contributed by atoms with Crippen molar-refractivity contribution in [3.05, 3.63) is 102 Å². The summed E-state index contributed by atoms with van der Waals surface area (Å²) < 4.78 is 13.1. The minimum absolute atomic E-state index is 0.0713. The van der Waals surface area contributed by atoms with E-state index in [0.717, 1.165) is 27.8 Å². The van der Waals surface area contributed by atoms with Gasteiger partial charge in [0.15, 0.2) is 0 Å². The van der Waals surface area contributed by atoms with Crippen LogP contribution in [0.25, 0.3) is 22.3 Å². The second-order valence-corrected chi connectivity index (χ2v) is 8.63. The van der Waals surface area contributed by atoms with E-state index in [-0.39, 0.29) is 5.75 Å².